The van der Waals surface area contributed by atoms with Crippen LogP contribution in [0.25, 0.3) is 0 Å². The number of likely N-dealkylation sites (tertiary alicyclic amines) is 1. The molecule has 2 atom stereocenters. The number of hydrogen-bond donors (Lipinski definition) is 0. The highest BCUT2D eigenvalue weighted by atomic mass is 32.1. The Bertz CT molecular complexity index is 778. The van der Waals surface area contributed by atoms with E-state index in [9.17, 15) is 4.79 Å². The molecule has 0 bridgehead atoms. The molecule has 0 aliphatic carbocycles. The lowest BCUT2D eigenvalue weighted by Crippen LogP contribution is -2.43. The fraction of sp³-hybridized carbons (Fsp3) is 0.522. The lowest BCUT2D eigenvalue weighted by Gasteiger charge is -2.31. The van der Waals surface area contributed by atoms with Gasteiger partial charge in [0.05, 0.1) is 7.11 Å². The number of carbonyl (C=O) groups is 1. The van der Waals surface area contributed by atoms with Gasteiger partial charge in [0.25, 0.3) is 0 Å². The second-order valence-corrected chi connectivity index (χ2v) is 8.99. The molecule has 1 saturated heterocycles. The van der Waals surface area contributed by atoms with Gasteiger partial charge in [-0.1, -0.05) is 24.3 Å². The second-order valence-electron chi connectivity index (χ2n) is 7.95. The summed E-state index contributed by atoms with van der Waals surface area (Å²) in [4.78, 5) is 18.5. The molecule has 0 saturated carbocycles. The van der Waals surface area contributed by atoms with Crippen LogP contribution in [0.15, 0.2) is 41.8 Å². The van der Waals surface area contributed by atoms with Gasteiger partial charge in [0, 0.05) is 50.1 Å². The molecule has 29 heavy (non-hydrogen) atoms. The summed E-state index contributed by atoms with van der Waals surface area (Å²) >= 11 is 1.80. The molecule has 1 aliphatic heterocycles. The molecule has 1 aliphatic rings. The highest BCUT2D eigenvalue weighted by Crippen LogP contribution is 2.38. The molecule has 1 amide bonds. The Labute approximate surface area is 178 Å². The lowest BCUT2D eigenvalue weighted by molar-refractivity contribution is -0.137. The fourth-order valence-corrected chi connectivity index (χ4v) is 5.03. The Morgan fingerprint density at radius 2 is 2.00 bits per heavy atom. The Balaban J connectivity index is 1.84. The Hall–Kier alpha value is -1.89. The molecule has 2 aromatic rings. The molecule has 6 heteroatoms. The van der Waals surface area contributed by atoms with Crippen molar-refractivity contribution >= 4 is 17.2 Å². The van der Waals surface area contributed by atoms with Crippen LogP contribution in [-0.2, 0) is 16.1 Å². The SMILES string of the molecule is COCC(=O)N(CC1CN(Cc2cccs2)CC1c1ccccc1OC)C(C)C. The minimum Gasteiger partial charge on any atom is -0.496 e. The molecule has 1 aromatic heterocycles. The number of rotatable bonds is 9. The maximum Gasteiger partial charge on any atom is 0.248 e. The standard InChI is InChI=1S/C23H32N2O3S/c1-17(2)25(23(26)16-27-3)13-18-12-24(14-19-8-7-11-29-19)15-21(18)20-9-5-6-10-22(20)28-4/h5-11,17-18,21H,12-16H2,1-4H3. The summed E-state index contributed by atoms with van der Waals surface area (Å²) < 4.78 is 10.8. The van der Waals surface area contributed by atoms with Gasteiger partial charge in [-0.25, -0.2) is 0 Å². The minimum absolute atomic E-state index is 0.0537. The van der Waals surface area contributed by atoms with Crippen LogP contribution in [0.4, 0.5) is 0 Å². The van der Waals surface area contributed by atoms with Crippen molar-refractivity contribution in [1.82, 2.24) is 9.80 Å². The summed E-state index contributed by atoms with van der Waals surface area (Å²) in [5, 5.41) is 2.13. The van der Waals surface area contributed by atoms with E-state index in [1.165, 1.54) is 10.4 Å². The van der Waals surface area contributed by atoms with E-state index < -0.39 is 0 Å². The van der Waals surface area contributed by atoms with Crippen molar-refractivity contribution in [2.24, 2.45) is 5.92 Å². The van der Waals surface area contributed by atoms with Crippen molar-refractivity contribution in [3.05, 3.63) is 52.2 Å². The van der Waals surface area contributed by atoms with Crippen molar-refractivity contribution in [2.45, 2.75) is 32.4 Å². The molecular weight excluding hydrogens is 384 g/mol. The topological polar surface area (TPSA) is 42.0 Å². The van der Waals surface area contributed by atoms with E-state index in [1.54, 1.807) is 25.6 Å². The van der Waals surface area contributed by atoms with Gasteiger partial charge >= 0.3 is 0 Å². The largest absolute Gasteiger partial charge is 0.496 e. The smallest absolute Gasteiger partial charge is 0.248 e. The molecule has 1 fully saturated rings. The number of benzene rings is 1. The Kier molecular flexibility index (Phi) is 7.70. The quantitative estimate of drug-likeness (QED) is 0.623. The first-order valence-electron chi connectivity index (χ1n) is 10.2. The van der Waals surface area contributed by atoms with Crippen LogP contribution in [0.1, 0.15) is 30.2 Å². The predicted molar refractivity (Wildman–Crippen MR) is 118 cm³/mol. The van der Waals surface area contributed by atoms with Gasteiger partial charge < -0.3 is 14.4 Å². The first-order valence-corrected chi connectivity index (χ1v) is 11.1. The van der Waals surface area contributed by atoms with Gasteiger partial charge in [0.1, 0.15) is 12.4 Å². The van der Waals surface area contributed by atoms with Crippen molar-refractivity contribution in [2.75, 3.05) is 40.5 Å². The zero-order valence-corrected chi connectivity index (χ0v) is 18.7. The number of methoxy groups -OCH3 is 2. The highest BCUT2D eigenvalue weighted by molar-refractivity contribution is 7.09. The third-order valence-electron chi connectivity index (χ3n) is 5.66. The third kappa shape index (κ3) is 5.38. The molecule has 158 valence electrons. The number of para-hydroxylation sites is 1. The van der Waals surface area contributed by atoms with Crippen molar-refractivity contribution < 1.29 is 14.3 Å². The zero-order chi connectivity index (χ0) is 20.8. The van der Waals surface area contributed by atoms with Crippen LogP contribution < -0.4 is 4.74 Å². The van der Waals surface area contributed by atoms with Gasteiger partial charge in [-0.15, -0.1) is 11.3 Å². The van der Waals surface area contributed by atoms with Crippen LogP contribution in [0.2, 0.25) is 0 Å². The first-order chi connectivity index (χ1) is 14.0. The van der Waals surface area contributed by atoms with E-state index in [0.717, 1.165) is 31.9 Å². The lowest BCUT2D eigenvalue weighted by atomic mass is 9.87. The summed E-state index contributed by atoms with van der Waals surface area (Å²) in [5.74, 6) is 1.65. The van der Waals surface area contributed by atoms with Gasteiger partial charge in [0.15, 0.2) is 0 Å². The molecule has 1 aromatic carbocycles. The number of carbonyl (C=O) groups excluding carboxylic acids is 1. The summed E-state index contributed by atoms with van der Waals surface area (Å²) in [6.07, 6.45) is 0. The average Bonchev–Trinajstić information content (AvgIpc) is 3.36. The Morgan fingerprint density at radius 3 is 2.66 bits per heavy atom. The van der Waals surface area contributed by atoms with Crippen LogP contribution in [0.5, 0.6) is 5.75 Å². The molecule has 0 N–H and O–H groups in total. The van der Waals surface area contributed by atoms with Gasteiger partial charge in [-0.2, -0.15) is 0 Å². The summed E-state index contributed by atoms with van der Waals surface area (Å²) in [6, 6.07) is 12.7. The summed E-state index contributed by atoms with van der Waals surface area (Å²) in [6.45, 7) is 7.88. The number of ether oxygens (including phenoxy) is 2. The fourth-order valence-electron chi connectivity index (χ4n) is 4.28. The zero-order valence-electron chi connectivity index (χ0n) is 17.8. The number of nitrogens with zero attached hydrogens (tertiary/aromatic N) is 2. The van der Waals surface area contributed by atoms with E-state index >= 15 is 0 Å². The van der Waals surface area contributed by atoms with Crippen LogP contribution in [0, 0.1) is 5.92 Å². The van der Waals surface area contributed by atoms with Gasteiger partial charge in [0.2, 0.25) is 5.91 Å². The number of amides is 1. The molecule has 0 spiro atoms. The molecule has 5 nitrogen and oxygen atoms in total. The van der Waals surface area contributed by atoms with E-state index in [1.807, 2.05) is 17.0 Å². The van der Waals surface area contributed by atoms with E-state index in [4.69, 9.17) is 9.47 Å². The molecule has 0 radical (unpaired) electrons. The van der Waals surface area contributed by atoms with E-state index in [2.05, 4.69) is 48.4 Å². The summed E-state index contributed by atoms with van der Waals surface area (Å²) in [5.41, 5.74) is 1.23. The maximum atomic E-state index is 12.6. The minimum atomic E-state index is 0.0537. The van der Waals surface area contributed by atoms with Crippen LogP contribution >= 0.6 is 11.3 Å². The van der Waals surface area contributed by atoms with Crippen molar-refractivity contribution in [3.8, 4) is 5.75 Å². The van der Waals surface area contributed by atoms with E-state index in [0.29, 0.717) is 11.8 Å². The molecule has 2 unspecified atom stereocenters. The highest BCUT2D eigenvalue weighted by Gasteiger charge is 2.37. The van der Waals surface area contributed by atoms with Crippen molar-refractivity contribution in [1.29, 1.82) is 0 Å². The normalized spacial score (nSPS) is 19.6. The van der Waals surface area contributed by atoms with Crippen molar-refractivity contribution in [3.63, 3.8) is 0 Å². The predicted octanol–water partition coefficient (Wildman–Crippen LogP) is 3.86. The molecule has 2 heterocycles. The maximum absolute atomic E-state index is 12.6. The third-order valence-corrected chi connectivity index (χ3v) is 6.52. The van der Waals surface area contributed by atoms with Crippen LogP contribution in [-0.4, -0.2) is 62.2 Å². The number of hydrogen-bond acceptors (Lipinski definition) is 5. The van der Waals surface area contributed by atoms with E-state index in [-0.39, 0.29) is 18.6 Å². The average molecular weight is 417 g/mol. The first kappa shape index (κ1) is 21.8. The monoisotopic (exact) mass is 416 g/mol. The van der Waals surface area contributed by atoms with Gasteiger partial charge in [-0.3, -0.25) is 9.69 Å². The molecular formula is C23H32N2O3S. The van der Waals surface area contributed by atoms with Gasteiger partial charge in [-0.05, 0) is 42.8 Å². The van der Waals surface area contributed by atoms with Crippen LogP contribution in [0.3, 0.4) is 0 Å². The summed E-state index contributed by atoms with van der Waals surface area (Å²) in [7, 11) is 3.31. The molecule has 3 rings (SSSR count). The second kappa shape index (κ2) is 10.2. The Morgan fingerprint density at radius 1 is 1.21 bits per heavy atom. The number of thiophene rings is 1.